The van der Waals surface area contributed by atoms with Crippen LogP contribution in [0.5, 0.6) is 0 Å². The van der Waals surface area contributed by atoms with E-state index >= 15 is 0 Å². The number of rotatable bonds is 6. The largest absolute Gasteiger partial charge is 0.356 e. The fourth-order valence-corrected chi connectivity index (χ4v) is 3.44. The molecule has 2 aromatic heterocycles. The summed E-state index contributed by atoms with van der Waals surface area (Å²) in [6.07, 6.45) is 3.61. The number of nitrogens with one attached hydrogen (secondary N) is 1. The van der Waals surface area contributed by atoms with Crippen LogP contribution in [0.1, 0.15) is 19.8 Å². The van der Waals surface area contributed by atoms with Crippen molar-refractivity contribution in [3.8, 4) is 11.3 Å². The lowest BCUT2D eigenvalue weighted by Gasteiger charge is -2.11. The number of hydrogen-bond donors (Lipinski definition) is 1. The fraction of sp³-hybridized carbons (Fsp3) is 0.333. The molecule has 3 aromatic rings. The van der Waals surface area contributed by atoms with E-state index in [2.05, 4.69) is 27.9 Å². The molecule has 1 saturated carbocycles. The Balaban J connectivity index is 1.52. The average molecular weight is 351 g/mol. The van der Waals surface area contributed by atoms with Crippen LogP contribution in [0.25, 0.3) is 22.3 Å². The first kappa shape index (κ1) is 16.8. The Morgan fingerprint density at radius 3 is 2.81 bits per heavy atom. The van der Waals surface area contributed by atoms with Gasteiger partial charge in [-0.3, -0.25) is 4.79 Å². The van der Waals surface area contributed by atoms with Crippen molar-refractivity contribution < 1.29 is 9.18 Å². The molecule has 2 heterocycles. The van der Waals surface area contributed by atoms with Gasteiger partial charge in [0.25, 0.3) is 0 Å². The highest BCUT2D eigenvalue weighted by Gasteiger charge is 2.38. The van der Waals surface area contributed by atoms with Gasteiger partial charge in [-0.15, -0.1) is 0 Å². The Kier molecular flexibility index (Phi) is 4.45. The predicted octanol–water partition coefficient (Wildman–Crippen LogP) is 4.00. The van der Waals surface area contributed by atoms with Gasteiger partial charge < -0.3 is 9.88 Å². The van der Waals surface area contributed by atoms with Gasteiger partial charge in [-0.1, -0.05) is 6.92 Å². The molecule has 5 heteroatoms. The van der Waals surface area contributed by atoms with E-state index in [0.717, 1.165) is 41.7 Å². The molecular formula is C21H22FN3O. The third-order valence-electron chi connectivity index (χ3n) is 5.10. The average Bonchev–Trinajstić information content (AvgIpc) is 3.27. The molecule has 1 amide bonds. The Labute approximate surface area is 152 Å². The number of fused-ring (bicyclic) bond motifs is 1. The topological polar surface area (TPSA) is 46.9 Å². The Bertz CT molecular complexity index is 932. The van der Waals surface area contributed by atoms with Crippen molar-refractivity contribution in [2.45, 2.75) is 26.3 Å². The van der Waals surface area contributed by atoms with Crippen molar-refractivity contribution in [2.75, 3.05) is 6.54 Å². The zero-order chi connectivity index (χ0) is 18.1. The van der Waals surface area contributed by atoms with E-state index in [1.54, 1.807) is 18.3 Å². The van der Waals surface area contributed by atoms with Gasteiger partial charge >= 0.3 is 0 Å². The van der Waals surface area contributed by atoms with Gasteiger partial charge in [0, 0.05) is 30.6 Å². The van der Waals surface area contributed by atoms with E-state index in [9.17, 15) is 9.18 Å². The lowest BCUT2D eigenvalue weighted by atomic mass is 10.1. The summed E-state index contributed by atoms with van der Waals surface area (Å²) in [5.74, 6) is 0.662. The number of benzene rings is 1. The molecule has 0 radical (unpaired) electrons. The normalized spacial score (nSPS) is 18.8. The summed E-state index contributed by atoms with van der Waals surface area (Å²) in [6, 6.07) is 12.6. The zero-order valence-electron chi connectivity index (χ0n) is 14.8. The molecule has 0 aliphatic heterocycles. The standard InChI is InChI=1S/C21H22FN3O/c1-14-12-18(14)21(26)24-10-3-11-25-19(15-5-7-17(22)8-6-15)13-16-4-2-9-23-20(16)25/h2,4-9,13-14,18H,3,10-12H2,1H3,(H,24,26). The maximum Gasteiger partial charge on any atom is 0.223 e. The maximum atomic E-state index is 13.3. The summed E-state index contributed by atoms with van der Waals surface area (Å²) >= 11 is 0. The third-order valence-corrected chi connectivity index (χ3v) is 5.10. The van der Waals surface area contributed by atoms with Crippen LogP contribution < -0.4 is 5.32 Å². The van der Waals surface area contributed by atoms with E-state index in [-0.39, 0.29) is 17.6 Å². The molecule has 4 rings (SSSR count). The number of aryl methyl sites for hydroxylation is 1. The van der Waals surface area contributed by atoms with Crippen LogP contribution >= 0.6 is 0 Å². The van der Waals surface area contributed by atoms with Crippen molar-refractivity contribution in [3.63, 3.8) is 0 Å². The number of amides is 1. The number of carbonyl (C=O) groups is 1. The molecule has 26 heavy (non-hydrogen) atoms. The molecule has 1 aliphatic carbocycles. The molecule has 134 valence electrons. The van der Waals surface area contributed by atoms with Gasteiger partial charge in [0.15, 0.2) is 0 Å². The molecule has 0 bridgehead atoms. The van der Waals surface area contributed by atoms with Gasteiger partial charge in [0.2, 0.25) is 5.91 Å². The van der Waals surface area contributed by atoms with Crippen molar-refractivity contribution in [1.82, 2.24) is 14.9 Å². The molecule has 1 fully saturated rings. The predicted molar refractivity (Wildman–Crippen MR) is 100 cm³/mol. The van der Waals surface area contributed by atoms with E-state index in [1.807, 2.05) is 12.1 Å². The Hall–Kier alpha value is -2.69. The lowest BCUT2D eigenvalue weighted by molar-refractivity contribution is -0.122. The summed E-state index contributed by atoms with van der Waals surface area (Å²) in [6.45, 7) is 3.50. The minimum Gasteiger partial charge on any atom is -0.356 e. The first-order valence-electron chi connectivity index (χ1n) is 9.11. The first-order valence-corrected chi connectivity index (χ1v) is 9.11. The number of carbonyl (C=O) groups excluding carboxylic acids is 1. The number of hydrogen-bond acceptors (Lipinski definition) is 2. The van der Waals surface area contributed by atoms with Crippen LogP contribution in [0.3, 0.4) is 0 Å². The maximum absolute atomic E-state index is 13.3. The quantitative estimate of drug-likeness (QED) is 0.682. The van der Waals surface area contributed by atoms with Crippen LogP contribution in [-0.2, 0) is 11.3 Å². The molecule has 0 saturated heterocycles. The van der Waals surface area contributed by atoms with Crippen LogP contribution in [0.2, 0.25) is 0 Å². The molecule has 1 aliphatic rings. The number of nitrogens with zero attached hydrogens (tertiary/aromatic N) is 2. The summed E-state index contributed by atoms with van der Waals surface area (Å²) in [5, 5.41) is 4.09. The summed E-state index contributed by atoms with van der Waals surface area (Å²) in [4.78, 5) is 16.5. The molecular weight excluding hydrogens is 329 g/mol. The summed E-state index contributed by atoms with van der Waals surface area (Å²) in [5.41, 5.74) is 2.88. The minimum atomic E-state index is -0.244. The van der Waals surface area contributed by atoms with Crippen molar-refractivity contribution in [3.05, 3.63) is 54.5 Å². The smallest absolute Gasteiger partial charge is 0.223 e. The molecule has 0 spiro atoms. The molecule has 2 unspecified atom stereocenters. The minimum absolute atomic E-state index is 0.173. The van der Waals surface area contributed by atoms with Gasteiger partial charge in [-0.25, -0.2) is 9.37 Å². The monoisotopic (exact) mass is 351 g/mol. The molecule has 2 atom stereocenters. The summed E-state index contributed by atoms with van der Waals surface area (Å²) in [7, 11) is 0. The van der Waals surface area contributed by atoms with Gasteiger partial charge in [-0.05, 0) is 66.8 Å². The molecule has 4 nitrogen and oxygen atoms in total. The van der Waals surface area contributed by atoms with Crippen molar-refractivity contribution in [2.24, 2.45) is 11.8 Å². The highest BCUT2D eigenvalue weighted by Crippen LogP contribution is 2.37. The third kappa shape index (κ3) is 3.34. The SMILES string of the molecule is CC1CC1C(=O)NCCCn1c(-c2ccc(F)cc2)cc2cccnc21. The summed E-state index contributed by atoms with van der Waals surface area (Å²) < 4.78 is 15.4. The fourth-order valence-electron chi connectivity index (χ4n) is 3.44. The Morgan fingerprint density at radius 2 is 2.08 bits per heavy atom. The van der Waals surface area contributed by atoms with Crippen LogP contribution in [0, 0.1) is 17.7 Å². The zero-order valence-corrected chi connectivity index (χ0v) is 14.8. The lowest BCUT2D eigenvalue weighted by Crippen LogP contribution is -2.27. The second-order valence-corrected chi connectivity index (χ2v) is 7.07. The van der Waals surface area contributed by atoms with Crippen LogP contribution in [0.4, 0.5) is 4.39 Å². The number of halogens is 1. The first-order chi connectivity index (χ1) is 12.6. The van der Waals surface area contributed by atoms with E-state index in [0.29, 0.717) is 12.5 Å². The highest BCUT2D eigenvalue weighted by molar-refractivity contribution is 5.84. The van der Waals surface area contributed by atoms with E-state index in [1.165, 1.54) is 12.1 Å². The van der Waals surface area contributed by atoms with Gasteiger partial charge in [-0.2, -0.15) is 0 Å². The van der Waals surface area contributed by atoms with E-state index in [4.69, 9.17) is 0 Å². The van der Waals surface area contributed by atoms with Crippen LogP contribution in [0.15, 0.2) is 48.7 Å². The molecule has 1 N–H and O–H groups in total. The van der Waals surface area contributed by atoms with E-state index < -0.39 is 0 Å². The van der Waals surface area contributed by atoms with Crippen molar-refractivity contribution in [1.29, 1.82) is 0 Å². The Morgan fingerprint density at radius 1 is 1.31 bits per heavy atom. The van der Waals surface area contributed by atoms with Crippen molar-refractivity contribution >= 4 is 16.9 Å². The number of pyridine rings is 1. The second-order valence-electron chi connectivity index (χ2n) is 7.07. The second kappa shape index (κ2) is 6.90. The van der Waals surface area contributed by atoms with Gasteiger partial charge in [0.1, 0.15) is 11.5 Å². The highest BCUT2D eigenvalue weighted by atomic mass is 19.1. The number of aromatic nitrogens is 2. The van der Waals surface area contributed by atoms with Gasteiger partial charge in [0.05, 0.1) is 5.69 Å². The van der Waals surface area contributed by atoms with Crippen LogP contribution in [-0.4, -0.2) is 22.0 Å². The molecule has 1 aromatic carbocycles.